The number of carbonyl (C=O) groups is 1. The molecule has 0 spiro atoms. The molecule has 0 radical (unpaired) electrons. The van der Waals surface area contributed by atoms with Gasteiger partial charge < -0.3 is 9.72 Å². The monoisotopic (exact) mass is 307 g/mol. The van der Waals surface area contributed by atoms with Crippen molar-refractivity contribution in [2.75, 3.05) is 7.11 Å². The molecule has 22 heavy (non-hydrogen) atoms. The molecular formula is C17H19F2NO2. The number of rotatable bonds is 3. The predicted octanol–water partition coefficient (Wildman–Crippen LogP) is 3.99. The third-order valence-corrected chi connectivity index (χ3v) is 4.97. The molecule has 0 saturated heterocycles. The third kappa shape index (κ3) is 2.11. The highest BCUT2D eigenvalue weighted by Gasteiger charge is 2.40. The SMILES string of the molecule is CCC1(CC(=O)OC)CCCc2c1[nH]c1c(F)c(F)ccc21. The molecule has 118 valence electrons. The number of aryl methyl sites for hydroxylation is 1. The fourth-order valence-corrected chi connectivity index (χ4v) is 3.70. The summed E-state index contributed by atoms with van der Waals surface area (Å²) in [5, 5.41) is 0.719. The zero-order chi connectivity index (χ0) is 15.9. The fraction of sp³-hybridized carbons (Fsp3) is 0.471. The van der Waals surface area contributed by atoms with E-state index in [0.29, 0.717) is 0 Å². The maximum Gasteiger partial charge on any atom is 0.306 e. The summed E-state index contributed by atoms with van der Waals surface area (Å²) in [6.07, 6.45) is 3.56. The maximum atomic E-state index is 14.1. The van der Waals surface area contributed by atoms with Gasteiger partial charge in [-0.15, -0.1) is 0 Å². The second-order valence-corrected chi connectivity index (χ2v) is 6.00. The minimum Gasteiger partial charge on any atom is -0.469 e. The van der Waals surface area contributed by atoms with Gasteiger partial charge >= 0.3 is 5.97 Å². The highest BCUT2D eigenvalue weighted by atomic mass is 19.2. The van der Waals surface area contributed by atoms with Gasteiger partial charge in [0.25, 0.3) is 0 Å². The number of hydrogen-bond acceptors (Lipinski definition) is 2. The van der Waals surface area contributed by atoms with Crippen LogP contribution in [0.2, 0.25) is 0 Å². The highest BCUT2D eigenvalue weighted by molar-refractivity contribution is 5.86. The van der Waals surface area contributed by atoms with E-state index in [1.165, 1.54) is 7.11 Å². The van der Waals surface area contributed by atoms with Crippen molar-refractivity contribution in [2.24, 2.45) is 0 Å². The van der Waals surface area contributed by atoms with Crippen LogP contribution >= 0.6 is 0 Å². The van der Waals surface area contributed by atoms with Crippen LogP contribution < -0.4 is 0 Å². The number of methoxy groups -OCH3 is 1. The van der Waals surface area contributed by atoms with Crippen molar-refractivity contribution in [3.63, 3.8) is 0 Å². The molecule has 1 aromatic carbocycles. The first-order valence-electron chi connectivity index (χ1n) is 7.58. The molecule has 1 aliphatic rings. The Balaban J connectivity index is 2.21. The summed E-state index contributed by atoms with van der Waals surface area (Å²) in [4.78, 5) is 14.9. The van der Waals surface area contributed by atoms with Crippen LogP contribution in [0.25, 0.3) is 10.9 Å². The number of hydrogen-bond donors (Lipinski definition) is 1. The second kappa shape index (κ2) is 5.38. The molecule has 3 rings (SSSR count). The van der Waals surface area contributed by atoms with Gasteiger partial charge in [-0.2, -0.15) is 0 Å². The van der Waals surface area contributed by atoms with Crippen molar-refractivity contribution >= 4 is 16.9 Å². The quantitative estimate of drug-likeness (QED) is 0.871. The average molecular weight is 307 g/mol. The van der Waals surface area contributed by atoms with E-state index in [2.05, 4.69) is 4.98 Å². The van der Waals surface area contributed by atoms with Gasteiger partial charge in [0.2, 0.25) is 0 Å². The van der Waals surface area contributed by atoms with Gasteiger partial charge in [-0.3, -0.25) is 4.79 Å². The smallest absolute Gasteiger partial charge is 0.306 e. The van der Waals surface area contributed by atoms with Gasteiger partial charge in [-0.1, -0.05) is 6.92 Å². The van der Waals surface area contributed by atoms with Crippen LogP contribution in [0.1, 0.15) is 43.9 Å². The summed E-state index contributed by atoms with van der Waals surface area (Å²) in [6, 6.07) is 2.78. The highest BCUT2D eigenvalue weighted by Crippen LogP contribution is 2.45. The van der Waals surface area contributed by atoms with Crippen LogP contribution in [0.4, 0.5) is 8.78 Å². The number of aromatic nitrogens is 1. The van der Waals surface area contributed by atoms with Crippen LogP contribution in [0.5, 0.6) is 0 Å². The molecule has 0 saturated carbocycles. The summed E-state index contributed by atoms with van der Waals surface area (Å²) in [6.45, 7) is 2.01. The number of aromatic amines is 1. The van der Waals surface area contributed by atoms with Crippen molar-refractivity contribution in [1.29, 1.82) is 0 Å². The van der Waals surface area contributed by atoms with Crippen LogP contribution in [0.3, 0.4) is 0 Å². The third-order valence-electron chi connectivity index (χ3n) is 4.97. The summed E-state index contributed by atoms with van der Waals surface area (Å²) >= 11 is 0. The standard InChI is InChI=1S/C17H19F2NO2/c1-3-17(9-13(21)22-2)8-4-5-11-10-6-7-12(18)14(19)15(10)20-16(11)17/h6-7,20H,3-5,8-9H2,1-2H3. The molecule has 2 aromatic rings. The lowest BCUT2D eigenvalue weighted by atomic mass is 9.69. The molecule has 5 heteroatoms. The molecule has 1 N–H and O–H groups in total. The van der Waals surface area contributed by atoms with Gasteiger partial charge in [0, 0.05) is 16.5 Å². The fourth-order valence-electron chi connectivity index (χ4n) is 3.70. The van der Waals surface area contributed by atoms with Gasteiger partial charge in [0.15, 0.2) is 11.6 Å². The van der Waals surface area contributed by atoms with E-state index in [1.807, 2.05) is 6.92 Å². The largest absolute Gasteiger partial charge is 0.469 e. The van der Waals surface area contributed by atoms with Crippen LogP contribution in [-0.2, 0) is 21.4 Å². The molecule has 1 atom stereocenters. The van der Waals surface area contributed by atoms with Crippen LogP contribution in [-0.4, -0.2) is 18.1 Å². The average Bonchev–Trinajstić information content (AvgIpc) is 2.91. The Morgan fingerprint density at radius 2 is 2.18 bits per heavy atom. The predicted molar refractivity (Wildman–Crippen MR) is 79.8 cm³/mol. The van der Waals surface area contributed by atoms with Gasteiger partial charge in [0.1, 0.15) is 0 Å². The van der Waals surface area contributed by atoms with Crippen molar-refractivity contribution < 1.29 is 18.3 Å². The Morgan fingerprint density at radius 1 is 1.41 bits per heavy atom. The lowest BCUT2D eigenvalue weighted by Gasteiger charge is -2.35. The molecule has 1 aromatic heterocycles. The maximum absolute atomic E-state index is 14.1. The molecular weight excluding hydrogens is 288 g/mol. The van der Waals surface area contributed by atoms with Crippen molar-refractivity contribution in [3.05, 3.63) is 35.0 Å². The molecule has 0 aliphatic heterocycles. The summed E-state index contributed by atoms with van der Waals surface area (Å²) < 4.78 is 32.4. The molecule has 0 fully saturated rings. The number of esters is 1. The van der Waals surface area contributed by atoms with Gasteiger partial charge in [-0.05, 0) is 43.4 Å². The minimum absolute atomic E-state index is 0.203. The van der Waals surface area contributed by atoms with E-state index in [0.717, 1.165) is 48.4 Å². The van der Waals surface area contributed by atoms with E-state index in [4.69, 9.17) is 4.74 Å². The molecule has 0 bridgehead atoms. The number of fused-ring (bicyclic) bond motifs is 3. The molecule has 1 unspecified atom stereocenters. The lowest BCUT2D eigenvalue weighted by Crippen LogP contribution is -2.33. The van der Waals surface area contributed by atoms with Crippen molar-refractivity contribution in [2.45, 2.75) is 44.4 Å². The molecule has 0 amide bonds. The van der Waals surface area contributed by atoms with E-state index in [-0.39, 0.29) is 23.3 Å². The first-order chi connectivity index (χ1) is 10.5. The number of ether oxygens (including phenoxy) is 1. The van der Waals surface area contributed by atoms with Crippen LogP contribution in [0.15, 0.2) is 12.1 Å². The number of benzene rings is 1. The zero-order valence-corrected chi connectivity index (χ0v) is 12.8. The second-order valence-electron chi connectivity index (χ2n) is 6.00. The summed E-state index contributed by atoms with van der Waals surface area (Å²) in [7, 11) is 1.37. The first kappa shape index (κ1) is 15.0. The van der Waals surface area contributed by atoms with Gasteiger partial charge in [-0.25, -0.2) is 8.78 Å². The first-order valence-corrected chi connectivity index (χ1v) is 7.58. The van der Waals surface area contributed by atoms with E-state index >= 15 is 0 Å². The molecule has 3 nitrogen and oxygen atoms in total. The van der Waals surface area contributed by atoms with Crippen LogP contribution in [0, 0.1) is 11.6 Å². The number of H-pyrrole nitrogens is 1. The number of carbonyl (C=O) groups excluding carboxylic acids is 1. The summed E-state index contributed by atoms with van der Waals surface area (Å²) in [5.41, 5.74) is 1.69. The van der Waals surface area contributed by atoms with Crippen molar-refractivity contribution in [1.82, 2.24) is 4.98 Å². The van der Waals surface area contributed by atoms with E-state index in [1.54, 1.807) is 6.07 Å². The molecule has 1 heterocycles. The Bertz CT molecular complexity index is 738. The Kier molecular flexibility index (Phi) is 3.67. The Morgan fingerprint density at radius 3 is 2.86 bits per heavy atom. The zero-order valence-electron chi connectivity index (χ0n) is 12.8. The van der Waals surface area contributed by atoms with Crippen molar-refractivity contribution in [3.8, 4) is 0 Å². The number of halogens is 2. The lowest BCUT2D eigenvalue weighted by molar-refractivity contribution is -0.142. The topological polar surface area (TPSA) is 42.1 Å². The normalized spacial score (nSPS) is 20.9. The van der Waals surface area contributed by atoms with Gasteiger partial charge in [0.05, 0.1) is 19.0 Å². The number of nitrogens with one attached hydrogen (secondary N) is 1. The van der Waals surface area contributed by atoms with E-state index in [9.17, 15) is 13.6 Å². The Hall–Kier alpha value is -1.91. The Labute approximate surface area is 127 Å². The van der Waals surface area contributed by atoms with E-state index < -0.39 is 11.6 Å². The molecule has 1 aliphatic carbocycles. The minimum atomic E-state index is -0.860. The summed E-state index contributed by atoms with van der Waals surface area (Å²) in [5.74, 6) is -1.99.